The Morgan fingerprint density at radius 2 is 1.92 bits per heavy atom. The van der Waals surface area contributed by atoms with Crippen LogP contribution in [0.5, 0.6) is 11.5 Å². The smallest absolute Gasteiger partial charge is 0.336 e. The zero-order valence-electron chi connectivity index (χ0n) is 14.7. The van der Waals surface area contributed by atoms with Crippen molar-refractivity contribution in [1.82, 2.24) is 4.90 Å². The topological polar surface area (TPSA) is 72.1 Å². The summed E-state index contributed by atoms with van der Waals surface area (Å²) in [6.45, 7) is 8.36. The van der Waals surface area contributed by atoms with Gasteiger partial charge in [0.25, 0.3) is 0 Å². The van der Waals surface area contributed by atoms with Crippen molar-refractivity contribution in [2.75, 3.05) is 33.4 Å². The van der Waals surface area contributed by atoms with Crippen molar-refractivity contribution < 1.29 is 19.0 Å². The maximum atomic E-state index is 11.5. The zero-order valence-corrected chi connectivity index (χ0v) is 14.7. The van der Waals surface area contributed by atoms with E-state index in [1.807, 2.05) is 20.8 Å². The molecule has 6 nitrogen and oxygen atoms in total. The van der Waals surface area contributed by atoms with Gasteiger partial charge >= 0.3 is 5.63 Å². The van der Waals surface area contributed by atoms with Gasteiger partial charge in [-0.3, -0.25) is 0 Å². The van der Waals surface area contributed by atoms with Crippen LogP contribution in [0.3, 0.4) is 0 Å². The molecule has 0 aliphatic rings. The van der Waals surface area contributed by atoms with E-state index in [0.717, 1.165) is 24.0 Å². The predicted octanol–water partition coefficient (Wildman–Crippen LogP) is 2.19. The van der Waals surface area contributed by atoms with Gasteiger partial charge < -0.3 is 23.9 Å². The van der Waals surface area contributed by atoms with Gasteiger partial charge in [0.15, 0.2) is 11.5 Å². The predicted molar refractivity (Wildman–Crippen MR) is 93.1 cm³/mol. The first-order valence-electron chi connectivity index (χ1n) is 8.14. The summed E-state index contributed by atoms with van der Waals surface area (Å²) in [7, 11) is 1.55. The van der Waals surface area contributed by atoms with Crippen molar-refractivity contribution >= 4 is 11.0 Å². The molecule has 6 heteroatoms. The molecule has 0 aliphatic heterocycles. The number of hydrogen-bond donors (Lipinski definition) is 1. The van der Waals surface area contributed by atoms with E-state index < -0.39 is 11.7 Å². The lowest BCUT2D eigenvalue weighted by Crippen LogP contribution is -2.35. The summed E-state index contributed by atoms with van der Waals surface area (Å²) in [6.07, 6.45) is -0.616. The van der Waals surface area contributed by atoms with Crippen LogP contribution >= 0.6 is 0 Å². The van der Waals surface area contributed by atoms with E-state index in [2.05, 4.69) is 4.90 Å². The number of benzene rings is 1. The van der Waals surface area contributed by atoms with Crippen LogP contribution in [0.4, 0.5) is 0 Å². The first kappa shape index (κ1) is 18.3. The molecule has 1 N–H and O–H groups in total. The molecule has 0 saturated heterocycles. The minimum atomic E-state index is -0.616. The van der Waals surface area contributed by atoms with Crippen LogP contribution in [0.25, 0.3) is 11.0 Å². The summed E-state index contributed by atoms with van der Waals surface area (Å²) in [4.78, 5) is 13.7. The highest BCUT2D eigenvalue weighted by atomic mass is 16.5. The number of aliphatic hydroxyl groups is 1. The highest BCUT2D eigenvalue weighted by Crippen LogP contribution is 2.33. The summed E-state index contributed by atoms with van der Waals surface area (Å²) in [6, 6.07) is 4.85. The SMILES string of the molecule is CCN(CC)CC(O)COc1cc2oc(=O)cc(C)c2cc1OC. The Kier molecular flexibility index (Phi) is 6.23. The van der Waals surface area contributed by atoms with Crippen molar-refractivity contribution in [1.29, 1.82) is 0 Å². The summed E-state index contributed by atoms with van der Waals surface area (Å²) < 4.78 is 16.3. The van der Waals surface area contributed by atoms with Crippen molar-refractivity contribution in [3.8, 4) is 11.5 Å². The van der Waals surface area contributed by atoms with E-state index in [-0.39, 0.29) is 6.61 Å². The van der Waals surface area contributed by atoms with E-state index in [1.165, 1.54) is 6.07 Å². The van der Waals surface area contributed by atoms with Gasteiger partial charge in [0, 0.05) is 24.1 Å². The number of nitrogens with zero attached hydrogens (tertiary/aromatic N) is 1. The lowest BCUT2D eigenvalue weighted by Gasteiger charge is -2.22. The molecule has 1 unspecified atom stereocenters. The number of ether oxygens (including phenoxy) is 2. The monoisotopic (exact) mass is 335 g/mol. The average molecular weight is 335 g/mol. The van der Waals surface area contributed by atoms with E-state index >= 15 is 0 Å². The van der Waals surface area contributed by atoms with Crippen LogP contribution in [-0.4, -0.2) is 49.5 Å². The fourth-order valence-electron chi connectivity index (χ4n) is 2.62. The second-order valence-corrected chi connectivity index (χ2v) is 5.70. The molecule has 24 heavy (non-hydrogen) atoms. The number of fused-ring (bicyclic) bond motifs is 1. The highest BCUT2D eigenvalue weighted by molar-refractivity contribution is 5.83. The largest absolute Gasteiger partial charge is 0.493 e. The molecule has 0 radical (unpaired) electrons. The Bertz CT molecular complexity index is 736. The maximum absolute atomic E-state index is 11.5. The summed E-state index contributed by atoms with van der Waals surface area (Å²) >= 11 is 0. The molecule has 2 rings (SSSR count). The molecule has 0 aliphatic carbocycles. The highest BCUT2D eigenvalue weighted by Gasteiger charge is 2.14. The van der Waals surface area contributed by atoms with E-state index in [1.54, 1.807) is 19.2 Å². The molecule has 0 fully saturated rings. The quantitative estimate of drug-likeness (QED) is 0.746. The normalized spacial score (nSPS) is 12.6. The van der Waals surface area contributed by atoms with Crippen molar-refractivity contribution in [2.45, 2.75) is 26.9 Å². The van der Waals surface area contributed by atoms with Gasteiger partial charge in [-0.25, -0.2) is 4.79 Å². The average Bonchev–Trinajstić information content (AvgIpc) is 2.56. The van der Waals surface area contributed by atoms with Gasteiger partial charge in [-0.1, -0.05) is 13.8 Å². The molecule has 2 aromatic rings. The summed E-state index contributed by atoms with van der Waals surface area (Å²) in [5, 5.41) is 10.9. The minimum absolute atomic E-state index is 0.133. The number of rotatable bonds is 8. The van der Waals surface area contributed by atoms with Crippen molar-refractivity contribution in [3.05, 3.63) is 34.2 Å². The van der Waals surface area contributed by atoms with Crippen LogP contribution in [0, 0.1) is 6.92 Å². The van der Waals surface area contributed by atoms with Crippen LogP contribution in [0.1, 0.15) is 19.4 Å². The number of hydrogen-bond acceptors (Lipinski definition) is 6. The lowest BCUT2D eigenvalue weighted by atomic mass is 10.1. The summed E-state index contributed by atoms with van der Waals surface area (Å²) in [5.41, 5.74) is 0.847. The number of aryl methyl sites for hydroxylation is 1. The van der Waals surface area contributed by atoms with Gasteiger partial charge in [0.1, 0.15) is 18.3 Å². The van der Waals surface area contributed by atoms with Crippen LogP contribution in [0.2, 0.25) is 0 Å². The van der Waals surface area contributed by atoms with E-state index in [4.69, 9.17) is 13.9 Å². The second kappa shape index (κ2) is 8.17. The van der Waals surface area contributed by atoms with Crippen LogP contribution < -0.4 is 15.1 Å². The Morgan fingerprint density at radius 1 is 1.21 bits per heavy atom. The van der Waals surface area contributed by atoms with Gasteiger partial charge in [0.05, 0.1) is 7.11 Å². The fraction of sp³-hybridized carbons (Fsp3) is 0.500. The summed E-state index contributed by atoms with van der Waals surface area (Å²) in [5.74, 6) is 0.979. The molecular weight excluding hydrogens is 310 g/mol. The Labute approximate surface area is 141 Å². The van der Waals surface area contributed by atoms with Gasteiger partial charge in [-0.15, -0.1) is 0 Å². The standard InChI is InChI=1S/C18H25NO5/c1-5-19(6-2)10-13(20)11-23-17-9-15-14(8-16(17)22-4)12(3)7-18(21)24-15/h7-9,13,20H,5-6,10-11H2,1-4H3. The molecule has 0 amide bonds. The third-order valence-electron chi connectivity index (χ3n) is 4.03. The van der Waals surface area contributed by atoms with Gasteiger partial charge in [-0.05, 0) is 31.6 Å². The molecule has 132 valence electrons. The molecular formula is C18H25NO5. The number of aliphatic hydroxyl groups excluding tert-OH is 1. The van der Waals surface area contributed by atoms with Crippen LogP contribution in [-0.2, 0) is 0 Å². The third-order valence-corrected chi connectivity index (χ3v) is 4.03. The first-order valence-corrected chi connectivity index (χ1v) is 8.14. The molecule has 0 spiro atoms. The van der Waals surface area contributed by atoms with Crippen molar-refractivity contribution in [3.63, 3.8) is 0 Å². The second-order valence-electron chi connectivity index (χ2n) is 5.70. The van der Waals surface area contributed by atoms with Crippen molar-refractivity contribution in [2.24, 2.45) is 0 Å². The molecule has 0 saturated carbocycles. The third kappa shape index (κ3) is 4.27. The molecule has 1 heterocycles. The molecule has 1 atom stereocenters. The van der Waals surface area contributed by atoms with Gasteiger partial charge in [0.2, 0.25) is 0 Å². The zero-order chi connectivity index (χ0) is 17.7. The molecule has 1 aromatic carbocycles. The minimum Gasteiger partial charge on any atom is -0.493 e. The Morgan fingerprint density at radius 3 is 2.54 bits per heavy atom. The van der Waals surface area contributed by atoms with E-state index in [0.29, 0.717) is 23.6 Å². The van der Waals surface area contributed by atoms with Crippen LogP contribution in [0.15, 0.2) is 27.4 Å². The Hall–Kier alpha value is -2.05. The van der Waals surface area contributed by atoms with Gasteiger partial charge in [-0.2, -0.15) is 0 Å². The maximum Gasteiger partial charge on any atom is 0.336 e. The van der Waals surface area contributed by atoms with E-state index in [9.17, 15) is 9.90 Å². The first-order chi connectivity index (χ1) is 11.5. The molecule has 0 bridgehead atoms. The fourth-order valence-corrected chi connectivity index (χ4v) is 2.62. The molecule has 1 aromatic heterocycles. The number of methoxy groups -OCH3 is 1. The number of likely N-dealkylation sites (N-methyl/N-ethyl adjacent to an activating group) is 1. The lowest BCUT2D eigenvalue weighted by molar-refractivity contribution is 0.0706. The Balaban J connectivity index is 2.20.